The first kappa shape index (κ1) is 21.8. The Balaban J connectivity index is 0. The summed E-state index contributed by atoms with van der Waals surface area (Å²) in [6.45, 7) is 9.77. The molecule has 0 aromatic carbocycles. The molecular formula is C16H33N5. The summed E-state index contributed by atoms with van der Waals surface area (Å²) in [5.74, 6) is 0.921. The van der Waals surface area contributed by atoms with Crippen LogP contribution in [-0.2, 0) is 0 Å². The van der Waals surface area contributed by atoms with Crippen molar-refractivity contribution in [2.45, 2.75) is 71.8 Å². The quantitative estimate of drug-likeness (QED) is 0.427. The molecule has 1 heterocycles. The lowest BCUT2D eigenvalue weighted by Crippen LogP contribution is -2.30. The molecule has 122 valence electrons. The van der Waals surface area contributed by atoms with Crippen LogP contribution in [0.1, 0.15) is 65.7 Å². The zero-order valence-electron chi connectivity index (χ0n) is 14.0. The molecule has 0 aromatic rings. The first-order valence-corrected chi connectivity index (χ1v) is 8.02. The van der Waals surface area contributed by atoms with Crippen molar-refractivity contribution in [1.29, 1.82) is 10.5 Å². The second-order valence-corrected chi connectivity index (χ2v) is 5.57. The van der Waals surface area contributed by atoms with E-state index in [-0.39, 0.29) is 0 Å². The fourth-order valence-corrected chi connectivity index (χ4v) is 2.58. The average molecular weight is 295 g/mol. The van der Waals surface area contributed by atoms with Gasteiger partial charge in [0.1, 0.15) is 0 Å². The van der Waals surface area contributed by atoms with Crippen molar-refractivity contribution in [3.63, 3.8) is 0 Å². The summed E-state index contributed by atoms with van der Waals surface area (Å²) in [6.07, 6.45) is 12.5. The average Bonchev–Trinajstić information content (AvgIpc) is 2.76. The number of hydrogen-bond donors (Lipinski definition) is 2. The van der Waals surface area contributed by atoms with E-state index in [1.807, 2.05) is 0 Å². The van der Waals surface area contributed by atoms with Crippen LogP contribution in [0, 0.1) is 28.8 Å². The van der Waals surface area contributed by atoms with Crippen LogP contribution in [0.5, 0.6) is 0 Å². The number of nitriles is 2. The van der Waals surface area contributed by atoms with E-state index in [2.05, 4.69) is 37.1 Å². The zero-order chi connectivity index (χ0) is 16.5. The molecule has 1 aliphatic heterocycles. The molecule has 0 bridgehead atoms. The second kappa shape index (κ2) is 16.6. The zero-order valence-corrected chi connectivity index (χ0v) is 14.0. The third-order valence-corrected chi connectivity index (χ3v) is 4.07. The summed E-state index contributed by atoms with van der Waals surface area (Å²) in [5, 5.41) is 14.2. The minimum absolute atomic E-state index is 0.834. The van der Waals surface area contributed by atoms with E-state index in [0.717, 1.165) is 12.0 Å². The minimum Gasteiger partial charge on any atom is -0.337 e. The van der Waals surface area contributed by atoms with Crippen molar-refractivity contribution in [3.05, 3.63) is 0 Å². The Labute approximate surface area is 130 Å². The number of nitrogens with two attached hydrogens (primary N) is 2. The summed E-state index contributed by atoms with van der Waals surface area (Å²) >= 11 is 0. The van der Waals surface area contributed by atoms with Crippen molar-refractivity contribution >= 4 is 0 Å². The van der Waals surface area contributed by atoms with Crippen LogP contribution in [0.15, 0.2) is 0 Å². The smallest absolute Gasteiger partial charge is 0.173 e. The number of hydrogen-bond acceptors (Lipinski definition) is 5. The van der Waals surface area contributed by atoms with Crippen LogP contribution < -0.4 is 11.5 Å². The maximum Gasteiger partial charge on any atom is 0.173 e. The molecular weight excluding hydrogens is 262 g/mol. The summed E-state index contributed by atoms with van der Waals surface area (Å²) in [5.41, 5.74) is 8.31. The monoisotopic (exact) mass is 295 g/mol. The summed E-state index contributed by atoms with van der Waals surface area (Å²) in [7, 11) is 0. The van der Waals surface area contributed by atoms with Crippen molar-refractivity contribution in [2.75, 3.05) is 13.1 Å². The Bertz CT molecular complexity index is 280. The predicted molar refractivity (Wildman–Crippen MR) is 87.8 cm³/mol. The van der Waals surface area contributed by atoms with Crippen molar-refractivity contribution in [1.82, 2.24) is 4.90 Å². The highest BCUT2D eigenvalue weighted by Crippen LogP contribution is 2.23. The van der Waals surface area contributed by atoms with Gasteiger partial charge >= 0.3 is 0 Å². The SMILES string of the molecule is CCCCCCCCN1CCC(C)C1C.N#CN.N#CN. The Morgan fingerprint density at radius 1 is 1.00 bits per heavy atom. The Morgan fingerprint density at radius 3 is 1.90 bits per heavy atom. The van der Waals surface area contributed by atoms with Crippen LogP contribution in [0.25, 0.3) is 0 Å². The van der Waals surface area contributed by atoms with Gasteiger partial charge in [0.15, 0.2) is 12.4 Å². The molecule has 0 saturated carbocycles. The minimum atomic E-state index is 0.834. The van der Waals surface area contributed by atoms with Crippen molar-refractivity contribution in [2.24, 2.45) is 17.4 Å². The van der Waals surface area contributed by atoms with E-state index in [1.54, 1.807) is 0 Å². The maximum absolute atomic E-state index is 7.10. The van der Waals surface area contributed by atoms with Crippen molar-refractivity contribution in [3.8, 4) is 12.4 Å². The molecule has 0 spiro atoms. The van der Waals surface area contributed by atoms with Gasteiger partial charge in [-0.1, -0.05) is 46.0 Å². The molecule has 4 N–H and O–H groups in total. The van der Waals surface area contributed by atoms with E-state index >= 15 is 0 Å². The molecule has 1 saturated heterocycles. The molecule has 2 atom stereocenters. The molecule has 1 fully saturated rings. The molecule has 0 radical (unpaired) electrons. The normalized spacial score (nSPS) is 20.2. The number of unbranched alkanes of at least 4 members (excludes halogenated alkanes) is 5. The van der Waals surface area contributed by atoms with Crippen molar-refractivity contribution < 1.29 is 0 Å². The third kappa shape index (κ3) is 13.3. The first-order chi connectivity index (χ1) is 10.1. The lowest BCUT2D eigenvalue weighted by atomic mass is 10.1. The van der Waals surface area contributed by atoms with Gasteiger partial charge in [-0.15, -0.1) is 0 Å². The van der Waals surface area contributed by atoms with Gasteiger partial charge in [-0.05, 0) is 38.8 Å². The molecule has 0 aromatic heterocycles. The number of likely N-dealkylation sites (tertiary alicyclic amines) is 1. The maximum atomic E-state index is 7.10. The van der Waals surface area contributed by atoms with Crippen LogP contribution in [0.4, 0.5) is 0 Å². The van der Waals surface area contributed by atoms with Crippen LogP contribution in [0.2, 0.25) is 0 Å². The van der Waals surface area contributed by atoms with Gasteiger partial charge in [0, 0.05) is 6.04 Å². The second-order valence-electron chi connectivity index (χ2n) is 5.57. The molecule has 21 heavy (non-hydrogen) atoms. The van der Waals surface area contributed by atoms with E-state index < -0.39 is 0 Å². The molecule has 0 aliphatic carbocycles. The number of nitrogens with zero attached hydrogens (tertiary/aromatic N) is 3. The van der Waals surface area contributed by atoms with Gasteiger partial charge < -0.3 is 16.4 Å². The van der Waals surface area contributed by atoms with E-state index in [9.17, 15) is 0 Å². The van der Waals surface area contributed by atoms with Gasteiger partial charge in [-0.2, -0.15) is 10.5 Å². The van der Waals surface area contributed by atoms with Gasteiger partial charge in [-0.25, -0.2) is 0 Å². The van der Waals surface area contributed by atoms with E-state index in [1.165, 1.54) is 70.4 Å². The standard InChI is InChI=1S/C14H29N.2CH2N2/c1-4-5-6-7-8-9-11-15-12-10-13(2)14(15)3;2*2-1-3/h13-14H,4-12H2,1-3H3;2*2H2. The Kier molecular flexibility index (Phi) is 17.3. The Morgan fingerprint density at radius 2 is 1.48 bits per heavy atom. The van der Waals surface area contributed by atoms with Crippen LogP contribution in [0.3, 0.4) is 0 Å². The number of rotatable bonds is 7. The highest BCUT2D eigenvalue weighted by molar-refractivity contribution is 4.80. The fraction of sp³-hybridized carbons (Fsp3) is 0.875. The molecule has 2 unspecified atom stereocenters. The Hall–Kier alpha value is -1.46. The molecule has 1 rings (SSSR count). The summed E-state index contributed by atoms with van der Waals surface area (Å²) in [6, 6.07) is 0.834. The third-order valence-electron chi connectivity index (χ3n) is 4.07. The van der Waals surface area contributed by atoms with Gasteiger partial charge in [0.25, 0.3) is 0 Å². The predicted octanol–water partition coefficient (Wildman–Crippen LogP) is 2.93. The molecule has 5 nitrogen and oxygen atoms in total. The summed E-state index contributed by atoms with van der Waals surface area (Å²) < 4.78 is 0. The first-order valence-electron chi connectivity index (χ1n) is 8.02. The topological polar surface area (TPSA) is 103 Å². The molecule has 0 amide bonds. The fourth-order valence-electron chi connectivity index (χ4n) is 2.58. The van der Waals surface area contributed by atoms with Crippen LogP contribution in [-0.4, -0.2) is 24.0 Å². The molecule has 1 aliphatic rings. The highest BCUT2D eigenvalue weighted by atomic mass is 15.2. The van der Waals surface area contributed by atoms with Gasteiger partial charge in [0.2, 0.25) is 0 Å². The van der Waals surface area contributed by atoms with Crippen LogP contribution >= 0.6 is 0 Å². The van der Waals surface area contributed by atoms with Gasteiger partial charge in [0.05, 0.1) is 0 Å². The lowest BCUT2D eigenvalue weighted by Gasteiger charge is -2.22. The summed E-state index contributed by atoms with van der Waals surface area (Å²) in [4.78, 5) is 2.69. The highest BCUT2D eigenvalue weighted by Gasteiger charge is 2.26. The van der Waals surface area contributed by atoms with E-state index in [4.69, 9.17) is 10.5 Å². The van der Waals surface area contributed by atoms with Gasteiger partial charge in [-0.3, -0.25) is 0 Å². The lowest BCUT2D eigenvalue weighted by molar-refractivity contribution is 0.242. The largest absolute Gasteiger partial charge is 0.337 e. The van der Waals surface area contributed by atoms with E-state index in [0.29, 0.717) is 0 Å². The molecule has 5 heteroatoms.